The molecular weight excluding hydrogens is 420 g/mol. The molecule has 0 fully saturated rings. The lowest BCUT2D eigenvalue weighted by Crippen LogP contribution is -2.38. The van der Waals surface area contributed by atoms with E-state index in [1.54, 1.807) is 36.7 Å². The van der Waals surface area contributed by atoms with E-state index in [2.05, 4.69) is 25.6 Å². The molecule has 9 nitrogen and oxygen atoms in total. The Labute approximate surface area is 190 Å². The third-order valence-electron chi connectivity index (χ3n) is 4.87. The third-order valence-corrected chi connectivity index (χ3v) is 4.87. The molecule has 4 aromatic rings. The minimum Gasteiger partial charge on any atom is -0.437 e. The highest BCUT2D eigenvalue weighted by Crippen LogP contribution is 2.22. The van der Waals surface area contributed by atoms with Gasteiger partial charge in [-0.1, -0.05) is 36.4 Å². The largest absolute Gasteiger partial charge is 0.437 e. The molecule has 2 heterocycles. The van der Waals surface area contributed by atoms with Gasteiger partial charge in [0.1, 0.15) is 11.6 Å². The fourth-order valence-electron chi connectivity index (χ4n) is 3.22. The Hall–Kier alpha value is -4.53. The average Bonchev–Trinajstić information content (AvgIpc) is 3.24. The van der Waals surface area contributed by atoms with Crippen molar-refractivity contribution in [1.29, 1.82) is 0 Å². The van der Waals surface area contributed by atoms with Crippen LogP contribution in [-0.2, 0) is 23.1 Å². The number of nitrogens with zero attached hydrogens (tertiary/aromatic N) is 4. The lowest BCUT2D eigenvalue weighted by molar-refractivity contribution is -0.136. The smallest absolute Gasteiger partial charge is 0.313 e. The molecule has 33 heavy (non-hydrogen) atoms. The van der Waals surface area contributed by atoms with Gasteiger partial charge in [0.25, 0.3) is 0 Å². The van der Waals surface area contributed by atoms with Crippen molar-refractivity contribution in [3.05, 3.63) is 97.0 Å². The molecule has 4 rings (SSSR count). The number of imidazole rings is 1. The van der Waals surface area contributed by atoms with Gasteiger partial charge >= 0.3 is 11.8 Å². The van der Waals surface area contributed by atoms with E-state index in [-0.39, 0.29) is 0 Å². The Morgan fingerprint density at radius 2 is 1.85 bits per heavy atom. The summed E-state index contributed by atoms with van der Waals surface area (Å²) in [5.41, 5.74) is 1.29. The predicted octanol–water partition coefficient (Wildman–Crippen LogP) is 3.04. The van der Waals surface area contributed by atoms with Gasteiger partial charge in [-0.3, -0.25) is 14.6 Å². The van der Waals surface area contributed by atoms with Gasteiger partial charge in [-0.15, -0.1) is 0 Å². The van der Waals surface area contributed by atoms with Crippen LogP contribution < -0.4 is 15.4 Å². The fourth-order valence-corrected chi connectivity index (χ4v) is 3.22. The first-order valence-electron chi connectivity index (χ1n) is 10.3. The SMILES string of the molecule is Cn1ccnc1CC(NC(=O)C(=O)Nc1cccc(Oc2cnccn2)c1)c1ccccc1. The molecule has 2 aromatic carbocycles. The first kappa shape index (κ1) is 21.7. The second-order valence-corrected chi connectivity index (χ2v) is 7.22. The summed E-state index contributed by atoms with van der Waals surface area (Å²) < 4.78 is 7.50. The van der Waals surface area contributed by atoms with Crippen LogP contribution in [0.25, 0.3) is 0 Å². The first-order chi connectivity index (χ1) is 16.1. The molecule has 2 aromatic heterocycles. The zero-order valence-corrected chi connectivity index (χ0v) is 17.9. The molecule has 1 unspecified atom stereocenters. The zero-order valence-electron chi connectivity index (χ0n) is 17.9. The van der Waals surface area contributed by atoms with Crippen LogP contribution in [0.4, 0.5) is 5.69 Å². The van der Waals surface area contributed by atoms with Crippen molar-refractivity contribution in [3.63, 3.8) is 0 Å². The Morgan fingerprint density at radius 3 is 2.58 bits per heavy atom. The van der Waals surface area contributed by atoms with E-state index in [1.165, 1.54) is 12.4 Å². The second kappa shape index (κ2) is 10.2. The molecule has 0 spiro atoms. The molecule has 0 aliphatic rings. The lowest BCUT2D eigenvalue weighted by atomic mass is 10.0. The van der Waals surface area contributed by atoms with Gasteiger partial charge in [0, 0.05) is 50.0 Å². The van der Waals surface area contributed by atoms with Crippen LogP contribution >= 0.6 is 0 Å². The molecule has 1 atom stereocenters. The van der Waals surface area contributed by atoms with Gasteiger partial charge in [-0.05, 0) is 17.7 Å². The quantitative estimate of drug-likeness (QED) is 0.426. The molecule has 0 aliphatic heterocycles. The summed E-state index contributed by atoms with van der Waals surface area (Å²) in [7, 11) is 1.88. The number of hydrogen-bond acceptors (Lipinski definition) is 6. The van der Waals surface area contributed by atoms with Crippen molar-refractivity contribution in [2.75, 3.05) is 5.32 Å². The van der Waals surface area contributed by atoms with Crippen molar-refractivity contribution in [3.8, 4) is 11.6 Å². The molecule has 2 amide bonds. The number of carbonyl (C=O) groups excluding carboxylic acids is 2. The Balaban J connectivity index is 1.44. The van der Waals surface area contributed by atoms with Gasteiger partial charge in [-0.25, -0.2) is 9.97 Å². The van der Waals surface area contributed by atoms with Crippen LogP contribution in [0.3, 0.4) is 0 Å². The highest BCUT2D eigenvalue weighted by atomic mass is 16.5. The van der Waals surface area contributed by atoms with E-state index in [1.807, 2.05) is 48.1 Å². The number of aromatic nitrogens is 4. The third kappa shape index (κ3) is 5.79. The molecule has 9 heteroatoms. The molecule has 2 N–H and O–H groups in total. The second-order valence-electron chi connectivity index (χ2n) is 7.22. The highest BCUT2D eigenvalue weighted by Gasteiger charge is 2.22. The predicted molar refractivity (Wildman–Crippen MR) is 121 cm³/mol. The number of hydrogen-bond donors (Lipinski definition) is 2. The lowest BCUT2D eigenvalue weighted by Gasteiger charge is -2.19. The Morgan fingerprint density at radius 1 is 1.00 bits per heavy atom. The maximum Gasteiger partial charge on any atom is 0.313 e. The van der Waals surface area contributed by atoms with E-state index in [0.29, 0.717) is 23.7 Å². The molecule has 0 saturated heterocycles. The number of amides is 2. The maximum absolute atomic E-state index is 12.7. The molecule has 0 bridgehead atoms. The maximum atomic E-state index is 12.7. The number of ether oxygens (including phenoxy) is 1. The number of anilines is 1. The van der Waals surface area contributed by atoms with Crippen LogP contribution in [0.15, 0.2) is 85.6 Å². The standard InChI is InChI=1S/C24H22N6O3/c1-30-13-12-26-21(30)15-20(17-6-3-2-4-7-17)29-24(32)23(31)28-18-8-5-9-19(14-18)33-22-16-25-10-11-27-22/h2-14,16,20H,15H2,1H3,(H,28,31)(H,29,32). The van der Waals surface area contributed by atoms with Gasteiger partial charge in [0.05, 0.1) is 12.2 Å². The number of rotatable bonds is 7. The number of carbonyl (C=O) groups is 2. The average molecular weight is 442 g/mol. The topological polar surface area (TPSA) is 111 Å². The summed E-state index contributed by atoms with van der Waals surface area (Å²) in [6.45, 7) is 0. The van der Waals surface area contributed by atoms with E-state index < -0.39 is 17.9 Å². The van der Waals surface area contributed by atoms with Crippen molar-refractivity contribution in [2.24, 2.45) is 7.05 Å². The number of nitrogens with one attached hydrogen (secondary N) is 2. The molecular formula is C24H22N6O3. The minimum absolute atomic E-state index is 0.318. The van der Waals surface area contributed by atoms with E-state index in [4.69, 9.17) is 4.74 Å². The normalized spacial score (nSPS) is 11.4. The zero-order chi connectivity index (χ0) is 23.0. The monoisotopic (exact) mass is 442 g/mol. The van der Waals surface area contributed by atoms with Crippen LogP contribution in [-0.4, -0.2) is 31.3 Å². The summed E-state index contributed by atoms with van der Waals surface area (Å²) in [5.74, 6) is 0.0218. The molecule has 0 aliphatic carbocycles. The van der Waals surface area contributed by atoms with Gasteiger partial charge < -0.3 is 19.9 Å². The number of benzene rings is 2. The van der Waals surface area contributed by atoms with Crippen LogP contribution in [0, 0.1) is 0 Å². The van der Waals surface area contributed by atoms with Crippen molar-refractivity contribution >= 4 is 17.5 Å². The fraction of sp³-hybridized carbons (Fsp3) is 0.125. The van der Waals surface area contributed by atoms with Gasteiger partial charge in [0.15, 0.2) is 0 Å². The van der Waals surface area contributed by atoms with Gasteiger partial charge in [-0.2, -0.15) is 0 Å². The summed E-state index contributed by atoms with van der Waals surface area (Å²) in [5, 5.41) is 5.43. The van der Waals surface area contributed by atoms with Crippen LogP contribution in [0.1, 0.15) is 17.4 Å². The summed E-state index contributed by atoms with van der Waals surface area (Å²) >= 11 is 0. The van der Waals surface area contributed by atoms with Gasteiger partial charge in [0.2, 0.25) is 5.88 Å². The van der Waals surface area contributed by atoms with Crippen molar-refractivity contribution in [1.82, 2.24) is 24.8 Å². The summed E-state index contributed by atoms with van der Waals surface area (Å²) in [6, 6.07) is 15.7. The molecule has 0 radical (unpaired) electrons. The van der Waals surface area contributed by atoms with Crippen LogP contribution in [0.2, 0.25) is 0 Å². The minimum atomic E-state index is -0.785. The Bertz CT molecular complexity index is 1230. The first-order valence-corrected chi connectivity index (χ1v) is 10.3. The van der Waals surface area contributed by atoms with E-state index in [9.17, 15) is 9.59 Å². The molecule has 166 valence electrons. The molecule has 0 saturated carbocycles. The Kier molecular flexibility index (Phi) is 6.70. The summed E-state index contributed by atoms with van der Waals surface area (Å²) in [6.07, 6.45) is 8.50. The van der Waals surface area contributed by atoms with E-state index >= 15 is 0 Å². The van der Waals surface area contributed by atoms with Crippen LogP contribution in [0.5, 0.6) is 11.6 Å². The highest BCUT2D eigenvalue weighted by molar-refractivity contribution is 6.39. The summed E-state index contributed by atoms with van der Waals surface area (Å²) in [4.78, 5) is 37.7. The van der Waals surface area contributed by atoms with Crippen molar-refractivity contribution in [2.45, 2.75) is 12.5 Å². The number of aryl methyl sites for hydroxylation is 1. The van der Waals surface area contributed by atoms with Crippen molar-refractivity contribution < 1.29 is 14.3 Å². The van der Waals surface area contributed by atoms with E-state index in [0.717, 1.165) is 11.4 Å².